The number of aliphatic carboxylic acids is 1. The molecule has 86 valence electrons. The van der Waals surface area contributed by atoms with Crippen molar-refractivity contribution >= 4 is 29.2 Å². The van der Waals surface area contributed by atoms with Crippen molar-refractivity contribution in [3.05, 3.63) is 33.8 Å². The topological polar surface area (TPSA) is 37.3 Å². The predicted octanol–water partition coefficient (Wildman–Crippen LogP) is 3.75. The lowest BCUT2D eigenvalue weighted by Crippen LogP contribution is -2.22. The molecule has 1 saturated carbocycles. The van der Waals surface area contributed by atoms with Gasteiger partial charge in [-0.25, -0.2) is 0 Å². The van der Waals surface area contributed by atoms with E-state index in [1.165, 1.54) is 0 Å². The zero-order valence-electron chi connectivity index (χ0n) is 8.84. The third-order valence-electron chi connectivity index (χ3n) is 3.41. The third-order valence-corrected chi connectivity index (χ3v) is 4.15. The van der Waals surface area contributed by atoms with E-state index < -0.39 is 11.4 Å². The Bertz CT molecular complexity index is 445. The van der Waals surface area contributed by atoms with Gasteiger partial charge in [-0.05, 0) is 30.0 Å². The van der Waals surface area contributed by atoms with Gasteiger partial charge >= 0.3 is 5.97 Å². The molecule has 1 aliphatic rings. The molecule has 2 atom stereocenters. The first kappa shape index (κ1) is 11.7. The molecular formula is C12H12Cl2O2. The second-order valence-corrected chi connectivity index (χ2v) is 5.03. The van der Waals surface area contributed by atoms with Gasteiger partial charge in [-0.2, -0.15) is 0 Å². The summed E-state index contributed by atoms with van der Waals surface area (Å²) in [5.74, 6) is -0.556. The van der Waals surface area contributed by atoms with E-state index in [1.807, 2.05) is 6.92 Å². The molecule has 0 heterocycles. The van der Waals surface area contributed by atoms with Crippen LogP contribution in [0.2, 0.25) is 10.0 Å². The molecule has 1 fully saturated rings. The number of hydrogen-bond donors (Lipinski definition) is 1. The predicted molar refractivity (Wildman–Crippen MR) is 64.2 cm³/mol. The largest absolute Gasteiger partial charge is 0.481 e. The monoisotopic (exact) mass is 258 g/mol. The average molecular weight is 259 g/mol. The van der Waals surface area contributed by atoms with Crippen LogP contribution in [0.3, 0.4) is 0 Å². The molecule has 0 bridgehead atoms. The van der Waals surface area contributed by atoms with Crippen LogP contribution in [0.5, 0.6) is 0 Å². The van der Waals surface area contributed by atoms with Crippen LogP contribution >= 0.6 is 23.2 Å². The van der Waals surface area contributed by atoms with Crippen LogP contribution in [0, 0.1) is 5.92 Å². The van der Waals surface area contributed by atoms with E-state index in [-0.39, 0.29) is 5.92 Å². The van der Waals surface area contributed by atoms with Gasteiger partial charge in [-0.3, -0.25) is 4.79 Å². The first-order valence-corrected chi connectivity index (χ1v) is 5.97. The molecule has 1 N–H and O–H groups in total. The summed E-state index contributed by atoms with van der Waals surface area (Å²) < 4.78 is 0. The van der Waals surface area contributed by atoms with Crippen molar-refractivity contribution in [1.82, 2.24) is 0 Å². The Morgan fingerprint density at radius 3 is 2.62 bits per heavy atom. The number of benzene rings is 1. The van der Waals surface area contributed by atoms with E-state index in [0.29, 0.717) is 16.5 Å². The maximum Gasteiger partial charge on any atom is 0.314 e. The maximum absolute atomic E-state index is 11.4. The van der Waals surface area contributed by atoms with E-state index in [1.54, 1.807) is 18.2 Å². The maximum atomic E-state index is 11.4. The van der Waals surface area contributed by atoms with Crippen LogP contribution in [0.15, 0.2) is 18.2 Å². The molecule has 0 spiro atoms. The van der Waals surface area contributed by atoms with Crippen LogP contribution in [0.1, 0.15) is 25.3 Å². The summed E-state index contributed by atoms with van der Waals surface area (Å²) in [6.45, 7) is 2.01. The van der Waals surface area contributed by atoms with Gasteiger partial charge in [0.05, 0.1) is 15.5 Å². The highest BCUT2D eigenvalue weighted by molar-refractivity contribution is 6.42. The number of carbonyl (C=O) groups is 1. The van der Waals surface area contributed by atoms with Gasteiger partial charge in [0.15, 0.2) is 0 Å². The fourth-order valence-corrected chi connectivity index (χ4v) is 2.63. The number of halogens is 2. The Balaban J connectivity index is 2.43. The summed E-state index contributed by atoms with van der Waals surface area (Å²) in [6, 6.07) is 5.10. The zero-order chi connectivity index (χ0) is 11.9. The standard InChI is InChI=1S/C12H12Cl2O2/c1-2-7-6-12(7,11(15)16)8-3-4-9(13)10(14)5-8/h3-5,7H,2,6H2,1H3,(H,15,16). The molecule has 0 radical (unpaired) electrons. The van der Waals surface area contributed by atoms with Crippen molar-refractivity contribution in [3.63, 3.8) is 0 Å². The first-order valence-electron chi connectivity index (χ1n) is 5.21. The summed E-state index contributed by atoms with van der Waals surface area (Å²) in [7, 11) is 0. The van der Waals surface area contributed by atoms with Crippen LogP contribution in [-0.2, 0) is 10.2 Å². The Morgan fingerprint density at radius 1 is 1.50 bits per heavy atom. The lowest BCUT2D eigenvalue weighted by molar-refractivity contribution is -0.140. The van der Waals surface area contributed by atoms with E-state index in [2.05, 4.69) is 0 Å². The molecule has 2 unspecified atom stereocenters. The summed E-state index contributed by atoms with van der Waals surface area (Å²) in [6.07, 6.45) is 1.56. The summed E-state index contributed by atoms with van der Waals surface area (Å²) in [5.41, 5.74) is 0.0319. The number of rotatable bonds is 3. The minimum absolute atomic E-state index is 0.210. The van der Waals surface area contributed by atoms with Crippen LogP contribution < -0.4 is 0 Å². The van der Waals surface area contributed by atoms with Crippen molar-refractivity contribution < 1.29 is 9.90 Å². The molecule has 4 heteroatoms. The zero-order valence-corrected chi connectivity index (χ0v) is 10.3. The van der Waals surface area contributed by atoms with Crippen LogP contribution in [-0.4, -0.2) is 11.1 Å². The normalized spacial score (nSPS) is 27.8. The molecule has 0 saturated heterocycles. The average Bonchev–Trinajstić information content (AvgIpc) is 2.98. The quantitative estimate of drug-likeness (QED) is 0.897. The SMILES string of the molecule is CCC1CC1(C(=O)O)c1ccc(Cl)c(Cl)c1. The molecule has 1 aromatic rings. The Labute approximate surface area is 104 Å². The van der Waals surface area contributed by atoms with Crippen molar-refractivity contribution in [2.45, 2.75) is 25.2 Å². The van der Waals surface area contributed by atoms with Crippen molar-refractivity contribution in [1.29, 1.82) is 0 Å². The van der Waals surface area contributed by atoms with Gasteiger partial charge in [0.2, 0.25) is 0 Å². The minimum Gasteiger partial charge on any atom is -0.481 e. The Morgan fingerprint density at radius 2 is 2.19 bits per heavy atom. The molecule has 1 aromatic carbocycles. The number of carboxylic acids is 1. The summed E-state index contributed by atoms with van der Waals surface area (Å²) >= 11 is 11.7. The molecule has 0 aromatic heterocycles. The van der Waals surface area contributed by atoms with Crippen molar-refractivity contribution in [2.75, 3.05) is 0 Å². The first-order chi connectivity index (χ1) is 7.52. The van der Waals surface area contributed by atoms with Gasteiger partial charge in [-0.15, -0.1) is 0 Å². The van der Waals surface area contributed by atoms with E-state index in [4.69, 9.17) is 23.2 Å². The lowest BCUT2D eigenvalue weighted by Gasteiger charge is -2.13. The Hall–Kier alpha value is -0.730. The molecule has 1 aliphatic carbocycles. The van der Waals surface area contributed by atoms with E-state index in [0.717, 1.165) is 12.0 Å². The highest BCUT2D eigenvalue weighted by Crippen LogP contribution is 2.56. The number of hydrogen-bond acceptors (Lipinski definition) is 1. The van der Waals surface area contributed by atoms with Gasteiger partial charge in [0, 0.05) is 0 Å². The van der Waals surface area contributed by atoms with Crippen molar-refractivity contribution in [3.8, 4) is 0 Å². The van der Waals surface area contributed by atoms with Gasteiger partial charge in [0.25, 0.3) is 0 Å². The smallest absolute Gasteiger partial charge is 0.314 e. The van der Waals surface area contributed by atoms with Gasteiger partial charge in [-0.1, -0.05) is 42.6 Å². The molecule has 2 rings (SSSR count). The fourth-order valence-electron chi connectivity index (χ4n) is 2.34. The molecule has 0 aliphatic heterocycles. The summed E-state index contributed by atoms with van der Waals surface area (Å²) in [4.78, 5) is 11.4. The second-order valence-electron chi connectivity index (χ2n) is 4.21. The van der Waals surface area contributed by atoms with E-state index in [9.17, 15) is 9.90 Å². The minimum atomic E-state index is -0.766. The second kappa shape index (κ2) is 3.94. The lowest BCUT2D eigenvalue weighted by atomic mass is 9.92. The van der Waals surface area contributed by atoms with Crippen molar-refractivity contribution in [2.24, 2.45) is 5.92 Å². The van der Waals surface area contributed by atoms with Gasteiger partial charge in [0.1, 0.15) is 0 Å². The molecule has 2 nitrogen and oxygen atoms in total. The van der Waals surface area contributed by atoms with E-state index >= 15 is 0 Å². The van der Waals surface area contributed by atoms with Gasteiger partial charge < -0.3 is 5.11 Å². The number of carboxylic acid groups (broad SMARTS) is 1. The molecule has 16 heavy (non-hydrogen) atoms. The van der Waals surface area contributed by atoms with Crippen LogP contribution in [0.25, 0.3) is 0 Å². The highest BCUT2D eigenvalue weighted by Gasteiger charge is 2.60. The summed E-state index contributed by atoms with van der Waals surface area (Å²) in [5, 5.41) is 10.2. The molecule has 0 amide bonds. The fraction of sp³-hybridized carbons (Fsp3) is 0.417. The van der Waals surface area contributed by atoms with Crippen LogP contribution in [0.4, 0.5) is 0 Å². The third kappa shape index (κ3) is 1.61. The molecular weight excluding hydrogens is 247 g/mol. The Kier molecular flexibility index (Phi) is 2.89. The highest BCUT2D eigenvalue weighted by atomic mass is 35.5.